The molecule has 1 fully saturated rings. The van der Waals surface area contributed by atoms with Gasteiger partial charge in [-0.3, -0.25) is 0 Å². The summed E-state index contributed by atoms with van der Waals surface area (Å²) in [5, 5.41) is 11.0. The summed E-state index contributed by atoms with van der Waals surface area (Å²) in [6.07, 6.45) is 1.78. The smallest absolute Gasteiger partial charge is 0.105 e. The van der Waals surface area contributed by atoms with Crippen molar-refractivity contribution in [3.05, 3.63) is 36.0 Å². The van der Waals surface area contributed by atoms with Crippen LogP contribution in [0.25, 0.3) is 10.9 Å². The molecular formula is C11H11NO. The molecule has 0 unspecified atom stereocenters. The number of fused-ring (bicyclic) bond motifs is 1. The van der Waals surface area contributed by atoms with Crippen LogP contribution in [-0.2, 0) is 5.60 Å². The number of rotatable bonds is 1. The first kappa shape index (κ1) is 7.15. The van der Waals surface area contributed by atoms with Gasteiger partial charge in [0.05, 0.1) is 0 Å². The molecule has 13 heavy (non-hydrogen) atoms. The second kappa shape index (κ2) is 2.15. The van der Waals surface area contributed by atoms with Crippen molar-refractivity contribution < 1.29 is 5.11 Å². The first-order valence-corrected chi connectivity index (χ1v) is 4.59. The van der Waals surface area contributed by atoms with Crippen LogP contribution in [0.3, 0.4) is 0 Å². The van der Waals surface area contributed by atoms with Crippen LogP contribution in [0.15, 0.2) is 30.3 Å². The normalized spacial score (nSPS) is 19.2. The highest BCUT2D eigenvalue weighted by atomic mass is 16.3. The van der Waals surface area contributed by atoms with Crippen molar-refractivity contribution in [1.29, 1.82) is 0 Å². The topological polar surface area (TPSA) is 36.0 Å². The number of aromatic nitrogens is 1. The number of hydrogen-bond acceptors (Lipinski definition) is 1. The Bertz CT molecular complexity index is 421. The fourth-order valence-electron chi connectivity index (χ4n) is 1.71. The van der Waals surface area contributed by atoms with E-state index >= 15 is 0 Å². The lowest BCUT2D eigenvalue weighted by atomic mass is 10.2. The third-order valence-electron chi connectivity index (χ3n) is 2.75. The summed E-state index contributed by atoms with van der Waals surface area (Å²) >= 11 is 0. The molecule has 1 heterocycles. The van der Waals surface area contributed by atoms with Gasteiger partial charge in [0.2, 0.25) is 0 Å². The summed E-state index contributed by atoms with van der Waals surface area (Å²) in [4.78, 5) is 3.25. The molecule has 0 radical (unpaired) electrons. The van der Waals surface area contributed by atoms with E-state index in [1.54, 1.807) is 0 Å². The number of aromatic amines is 1. The minimum absolute atomic E-state index is 0.543. The molecule has 66 valence electrons. The van der Waals surface area contributed by atoms with Gasteiger partial charge in [0, 0.05) is 11.2 Å². The van der Waals surface area contributed by atoms with Gasteiger partial charge in [-0.15, -0.1) is 0 Å². The Labute approximate surface area is 76.2 Å². The second-order valence-electron chi connectivity index (χ2n) is 3.80. The van der Waals surface area contributed by atoms with Crippen molar-refractivity contribution in [2.24, 2.45) is 0 Å². The summed E-state index contributed by atoms with van der Waals surface area (Å²) in [6, 6.07) is 10.1. The van der Waals surface area contributed by atoms with Crippen LogP contribution >= 0.6 is 0 Å². The molecule has 2 heteroatoms. The molecule has 3 rings (SSSR count). The Kier molecular flexibility index (Phi) is 1.18. The molecule has 0 atom stereocenters. The van der Waals surface area contributed by atoms with Gasteiger partial charge in [0.15, 0.2) is 0 Å². The summed E-state index contributed by atoms with van der Waals surface area (Å²) in [7, 11) is 0. The average molecular weight is 173 g/mol. The lowest BCUT2D eigenvalue weighted by molar-refractivity contribution is 0.147. The SMILES string of the molecule is OC1(c2cc3ccccc3[nH]2)CC1. The lowest BCUT2D eigenvalue weighted by Crippen LogP contribution is -2.03. The molecule has 1 aliphatic carbocycles. The van der Waals surface area contributed by atoms with Gasteiger partial charge < -0.3 is 10.1 Å². The van der Waals surface area contributed by atoms with Crippen LogP contribution in [0.2, 0.25) is 0 Å². The van der Waals surface area contributed by atoms with Crippen molar-refractivity contribution in [2.75, 3.05) is 0 Å². The van der Waals surface area contributed by atoms with Crippen molar-refractivity contribution >= 4 is 10.9 Å². The second-order valence-corrected chi connectivity index (χ2v) is 3.80. The van der Waals surface area contributed by atoms with E-state index < -0.39 is 5.60 Å². The van der Waals surface area contributed by atoms with Crippen molar-refractivity contribution in [2.45, 2.75) is 18.4 Å². The molecule has 0 aliphatic heterocycles. The maximum absolute atomic E-state index is 9.87. The van der Waals surface area contributed by atoms with Gasteiger partial charge in [-0.2, -0.15) is 0 Å². The summed E-state index contributed by atoms with van der Waals surface area (Å²) in [5.74, 6) is 0. The van der Waals surface area contributed by atoms with E-state index in [0.29, 0.717) is 0 Å². The molecule has 1 aromatic carbocycles. The highest BCUT2D eigenvalue weighted by Gasteiger charge is 2.43. The molecule has 2 N–H and O–H groups in total. The van der Waals surface area contributed by atoms with Crippen LogP contribution in [0.1, 0.15) is 18.5 Å². The maximum atomic E-state index is 9.87. The van der Waals surface area contributed by atoms with Gasteiger partial charge in [0.1, 0.15) is 5.60 Å². The lowest BCUT2D eigenvalue weighted by Gasteiger charge is -2.01. The van der Waals surface area contributed by atoms with Crippen molar-refractivity contribution in [1.82, 2.24) is 4.98 Å². The molecule has 0 bridgehead atoms. The van der Waals surface area contributed by atoms with E-state index in [2.05, 4.69) is 11.1 Å². The Balaban J connectivity index is 2.22. The van der Waals surface area contributed by atoms with E-state index in [0.717, 1.165) is 24.1 Å². The van der Waals surface area contributed by atoms with Crippen LogP contribution in [0, 0.1) is 0 Å². The molecular weight excluding hydrogens is 162 g/mol. The molecule has 1 aliphatic rings. The quantitative estimate of drug-likeness (QED) is 0.681. The van der Waals surface area contributed by atoms with Gasteiger partial charge in [-0.1, -0.05) is 18.2 Å². The number of H-pyrrole nitrogens is 1. The van der Waals surface area contributed by atoms with Gasteiger partial charge in [-0.05, 0) is 30.4 Å². The zero-order valence-corrected chi connectivity index (χ0v) is 7.25. The number of hydrogen-bond donors (Lipinski definition) is 2. The molecule has 1 saturated carbocycles. The maximum Gasteiger partial charge on any atom is 0.105 e. The molecule has 2 nitrogen and oxygen atoms in total. The van der Waals surface area contributed by atoms with Gasteiger partial charge in [0.25, 0.3) is 0 Å². The Hall–Kier alpha value is -1.28. The monoisotopic (exact) mass is 173 g/mol. The van der Waals surface area contributed by atoms with E-state index in [1.807, 2.05) is 24.3 Å². The van der Waals surface area contributed by atoms with Gasteiger partial charge in [-0.25, -0.2) is 0 Å². The molecule has 1 aromatic heterocycles. The molecule has 0 amide bonds. The predicted octanol–water partition coefficient (Wildman–Crippen LogP) is 2.15. The third kappa shape index (κ3) is 0.988. The van der Waals surface area contributed by atoms with E-state index in [1.165, 1.54) is 5.39 Å². The fraction of sp³-hybridized carbons (Fsp3) is 0.273. The number of nitrogens with one attached hydrogen (secondary N) is 1. The summed E-state index contributed by atoms with van der Waals surface area (Å²) < 4.78 is 0. The fourth-order valence-corrected chi connectivity index (χ4v) is 1.71. The highest BCUT2D eigenvalue weighted by molar-refractivity contribution is 5.80. The minimum atomic E-state index is -0.543. The average Bonchev–Trinajstić information content (AvgIpc) is 2.76. The highest BCUT2D eigenvalue weighted by Crippen LogP contribution is 2.45. The first-order chi connectivity index (χ1) is 6.28. The predicted molar refractivity (Wildman–Crippen MR) is 51.4 cm³/mol. The molecule has 0 spiro atoms. The number of aliphatic hydroxyl groups is 1. The van der Waals surface area contributed by atoms with Crippen molar-refractivity contribution in [3.63, 3.8) is 0 Å². The summed E-state index contributed by atoms with van der Waals surface area (Å²) in [6.45, 7) is 0. The Morgan fingerprint density at radius 2 is 2.00 bits per heavy atom. The third-order valence-corrected chi connectivity index (χ3v) is 2.75. The standard InChI is InChI=1S/C11H11NO/c13-11(5-6-11)10-7-8-3-1-2-4-9(8)12-10/h1-4,7,12-13H,5-6H2. The Morgan fingerprint density at radius 3 is 2.69 bits per heavy atom. The number of benzene rings is 1. The zero-order valence-electron chi connectivity index (χ0n) is 7.25. The van der Waals surface area contributed by atoms with Crippen LogP contribution in [0.4, 0.5) is 0 Å². The largest absolute Gasteiger partial charge is 0.384 e. The van der Waals surface area contributed by atoms with Crippen LogP contribution in [0.5, 0.6) is 0 Å². The summed E-state index contributed by atoms with van der Waals surface area (Å²) in [5.41, 5.74) is 1.53. The van der Waals surface area contributed by atoms with E-state index in [9.17, 15) is 5.11 Å². The first-order valence-electron chi connectivity index (χ1n) is 4.59. The van der Waals surface area contributed by atoms with Crippen molar-refractivity contribution in [3.8, 4) is 0 Å². The zero-order chi connectivity index (χ0) is 8.89. The Morgan fingerprint density at radius 1 is 1.23 bits per heavy atom. The molecule has 0 saturated heterocycles. The minimum Gasteiger partial charge on any atom is -0.384 e. The molecule has 2 aromatic rings. The van der Waals surface area contributed by atoms with Crippen LogP contribution < -0.4 is 0 Å². The van der Waals surface area contributed by atoms with E-state index in [4.69, 9.17) is 0 Å². The van der Waals surface area contributed by atoms with E-state index in [-0.39, 0.29) is 0 Å². The van der Waals surface area contributed by atoms with Crippen LogP contribution in [-0.4, -0.2) is 10.1 Å². The van der Waals surface area contributed by atoms with Gasteiger partial charge >= 0.3 is 0 Å². The number of para-hydroxylation sites is 1.